The first kappa shape index (κ1) is 20.0. The fourth-order valence-corrected chi connectivity index (χ4v) is 4.45. The number of morpholine rings is 1. The van der Waals surface area contributed by atoms with E-state index in [0.29, 0.717) is 31.0 Å². The molecule has 0 atom stereocenters. The maximum absolute atomic E-state index is 12.8. The molecule has 10 heteroatoms. The highest BCUT2D eigenvalue weighted by Crippen LogP contribution is 2.17. The number of hydrogen-bond acceptors (Lipinski definition) is 6. The van der Waals surface area contributed by atoms with Gasteiger partial charge in [0, 0.05) is 38.6 Å². The van der Waals surface area contributed by atoms with Gasteiger partial charge in [0.05, 0.1) is 19.0 Å². The van der Waals surface area contributed by atoms with Crippen LogP contribution in [0.5, 0.6) is 0 Å². The highest BCUT2D eigenvalue weighted by atomic mass is 79.9. The number of amides is 1. The lowest BCUT2D eigenvalue weighted by Gasteiger charge is -2.28. The van der Waals surface area contributed by atoms with Gasteiger partial charge in [-0.05, 0) is 45.8 Å². The Morgan fingerprint density at radius 2 is 1.89 bits per heavy atom. The summed E-state index contributed by atoms with van der Waals surface area (Å²) < 4.78 is 37.6. The first-order valence-electron chi connectivity index (χ1n) is 8.45. The van der Waals surface area contributed by atoms with Crippen LogP contribution in [0, 0.1) is 0 Å². The van der Waals surface area contributed by atoms with Crippen molar-refractivity contribution < 1.29 is 22.4 Å². The largest absolute Gasteiger partial charge is 0.444 e. The summed E-state index contributed by atoms with van der Waals surface area (Å²) in [7, 11) is -3.47. The molecule has 2 aromatic heterocycles. The maximum atomic E-state index is 12.8. The fourth-order valence-electron chi connectivity index (χ4n) is 2.73. The summed E-state index contributed by atoms with van der Waals surface area (Å²) in [6, 6.07) is 6.76. The molecule has 2 aromatic rings. The van der Waals surface area contributed by atoms with Crippen molar-refractivity contribution in [2.45, 2.75) is 6.54 Å². The molecule has 0 bridgehead atoms. The maximum Gasteiger partial charge on any atom is 0.289 e. The second-order valence-electron chi connectivity index (χ2n) is 6.01. The molecule has 1 fully saturated rings. The average Bonchev–Trinajstić information content (AvgIpc) is 3.12. The molecule has 1 aliphatic heterocycles. The number of ether oxygens (including phenoxy) is 1. The van der Waals surface area contributed by atoms with Crippen molar-refractivity contribution in [2.24, 2.45) is 0 Å². The standard InChI is InChI=1S/C17H20BrN3O5S/c18-16-2-1-15(26-16)17(22)20(13-14-3-5-19-6-4-14)9-12-27(23,24)21-7-10-25-11-8-21/h1-6H,7-13H2. The van der Waals surface area contributed by atoms with Gasteiger partial charge in [-0.15, -0.1) is 0 Å². The summed E-state index contributed by atoms with van der Waals surface area (Å²) in [5.74, 6) is -0.375. The summed E-state index contributed by atoms with van der Waals surface area (Å²) in [5.41, 5.74) is 0.854. The van der Waals surface area contributed by atoms with Gasteiger partial charge >= 0.3 is 0 Å². The molecule has 1 amide bonds. The predicted molar refractivity (Wildman–Crippen MR) is 102 cm³/mol. The molecule has 8 nitrogen and oxygen atoms in total. The third-order valence-electron chi connectivity index (χ3n) is 4.18. The third-order valence-corrected chi connectivity index (χ3v) is 6.45. The summed E-state index contributed by atoms with van der Waals surface area (Å²) >= 11 is 3.18. The minimum Gasteiger partial charge on any atom is -0.444 e. The number of aromatic nitrogens is 1. The van der Waals surface area contributed by atoms with Gasteiger partial charge in [0.1, 0.15) is 0 Å². The van der Waals surface area contributed by atoms with Crippen molar-refractivity contribution in [3.8, 4) is 0 Å². The minimum absolute atomic E-state index is 0.0547. The Balaban J connectivity index is 1.73. The molecule has 146 valence electrons. The lowest BCUT2D eigenvalue weighted by Crippen LogP contribution is -2.44. The van der Waals surface area contributed by atoms with E-state index in [1.807, 2.05) is 0 Å². The second kappa shape index (κ2) is 8.96. The SMILES string of the molecule is O=C(c1ccc(Br)o1)N(CCS(=O)(=O)N1CCOCC1)Cc1ccncc1. The zero-order chi connectivity index (χ0) is 19.3. The lowest BCUT2D eigenvalue weighted by atomic mass is 10.2. The number of carbonyl (C=O) groups is 1. The van der Waals surface area contributed by atoms with Gasteiger partial charge in [0.25, 0.3) is 5.91 Å². The van der Waals surface area contributed by atoms with E-state index in [1.165, 1.54) is 9.21 Å². The smallest absolute Gasteiger partial charge is 0.289 e. The molecule has 0 unspecified atom stereocenters. The van der Waals surface area contributed by atoms with Crippen LogP contribution in [0.25, 0.3) is 0 Å². The van der Waals surface area contributed by atoms with Crippen molar-refractivity contribution in [3.63, 3.8) is 0 Å². The summed E-state index contributed by atoms with van der Waals surface area (Å²) in [6.45, 7) is 1.77. The van der Waals surface area contributed by atoms with Gasteiger partial charge in [0.2, 0.25) is 10.0 Å². The molecule has 0 N–H and O–H groups in total. The monoisotopic (exact) mass is 457 g/mol. The predicted octanol–water partition coefficient (Wildman–Crippen LogP) is 1.74. The topological polar surface area (TPSA) is 93.0 Å². The van der Waals surface area contributed by atoms with Gasteiger partial charge in [-0.1, -0.05) is 0 Å². The Kier molecular flexibility index (Phi) is 6.64. The number of rotatable bonds is 7. The molecule has 3 rings (SSSR count). The number of nitrogens with zero attached hydrogens (tertiary/aromatic N) is 3. The number of hydrogen-bond donors (Lipinski definition) is 0. The quantitative estimate of drug-likeness (QED) is 0.628. The third kappa shape index (κ3) is 5.38. The lowest BCUT2D eigenvalue weighted by molar-refractivity contribution is 0.0702. The van der Waals surface area contributed by atoms with Crippen LogP contribution < -0.4 is 0 Å². The molecule has 3 heterocycles. The highest BCUT2D eigenvalue weighted by Gasteiger charge is 2.27. The summed E-state index contributed by atoms with van der Waals surface area (Å²) in [6.07, 6.45) is 3.26. The van der Waals surface area contributed by atoms with Crippen LogP contribution in [0.15, 0.2) is 45.7 Å². The van der Waals surface area contributed by atoms with Gasteiger partial charge < -0.3 is 14.1 Å². The Hall–Kier alpha value is -1.75. The zero-order valence-corrected chi connectivity index (χ0v) is 17.0. The van der Waals surface area contributed by atoms with E-state index in [1.54, 1.807) is 36.7 Å². The molecule has 0 spiro atoms. The van der Waals surface area contributed by atoms with Crippen molar-refractivity contribution in [1.29, 1.82) is 0 Å². The van der Waals surface area contributed by atoms with E-state index in [9.17, 15) is 13.2 Å². The van der Waals surface area contributed by atoms with Crippen LogP contribution in [-0.2, 0) is 21.3 Å². The number of halogens is 1. The number of furan rings is 1. The van der Waals surface area contributed by atoms with Crippen LogP contribution in [0.2, 0.25) is 0 Å². The molecule has 0 aliphatic carbocycles. The Bertz CT molecular complexity index is 866. The van der Waals surface area contributed by atoms with Crippen LogP contribution in [0.4, 0.5) is 0 Å². The van der Waals surface area contributed by atoms with E-state index >= 15 is 0 Å². The molecule has 1 saturated heterocycles. The average molecular weight is 458 g/mol. The second-order valence-corrected chi connectivity index (χ2v) is 8.88. The van der Waals surface area contributed by atoms with Crippen LogP contribution >= 0.6 is 15.9 Å². The minimum atomic E-state index is -3.47. The first-order valence-corrected chi connectivity index (χ1v) is 10.8. The Morgan fingerprint density at radius 1 is 1.19 bits per heavy atom. The van der Waals surface area contributed by atoms with Crippen molar-refractivity contribution in [1.82, 2.24) is 14.2 Å². The number of carbonyl (C=O) groups excluding carboxylic acids is 1. The molecule has 0 radical (unpaired) electrons. The van der Waals surface area contributed by atoms with Crippen LogP contribution in [0.1, 0.15) is 16.1 Å². The van der Waals surface area contributed by atoms with Crippen LogP contribution in [0.3, 0.4) is 0 Å². The molecule has 0 saturated carbocycles. The van der Waals surface area contributed by atoms with E-state index in [-0.39, 0.29) is 30.5 Å². The van der Waals surface area contributed by atoms with E-state index in [2.05, 4.69) is 20.9 Å². The fraction of sp³-hybridized carbons (Fsp3) is 0.412. The van der Waals surface area contributed by atoms with Gasteiger partial charge in [-0.3, -0.25) is 9.78 Å². The number of sulfonamides is 1. The molecular formula is C17H20BrN3O5S. The molecule has 0 aromatic carbocycles. The van der Waals surface area contributed by atoms with Gasteiger partial charge in [-0.2, -0.15) is 4.31 Å². The normalized spacial score (nSPS) is 15.6. The van der Waals surface area contributed by atoms with Gasteiger partial charge in [-0.25, -0.2) is 8.42 Å². The van der Waals surface area contributed by atoms with E-state index in [0.717, 1.165) is 5.56 Å². The summed E-state index contributed by atoms with van der Waals surface area (Å²) in [5, 5.41) is 0. The molecule has 27 heavy (non-hydrogen) atoms. The van der Waals surface area contributed by atoms with Crippen molar-refractivity contribution in [3.05, 3.63) is 52.7 Å². The Labute approximate surface area is 166 Å². The van der Waals surface area contributed by atoms with E-state index in [4.69, 9.17) is 9.15 Å². The van der Waals surface area contributed by atoms with Crippen LogP contribution in [-0.4, -0.2) is 67.1 Å². The molecular weight excluding hydrogens is 438 g/mol. The first-order chi connectivity index (χ1) is 13.0. The highest BCUT2D eigenvalue weighted by molar-refractivity contribution is 9.10. The Morgan fingerprint density at radius 3 is 2.52 bits per heavy atom. The molecule has 1 aliphatic rings. The summed E-state index contributed by atoms with van der Waals surface area (Å²) in [4.78, 5) is 18.3. The number of pyridine rings is 1. The van der Waals surface area contributed by atoms with Gasteiger partial charge in [0.15, 0.2) is 10.4 Å². The van der Waals surface area contributed by atoms with Crippen molar-refractivity contribution >= 4 is 31.9 Å². The van der Waals surface area contributed by atoms with Crippen molar-refractivity contribution in [2.75, 3.05) is 38.6 Å². The zero-order valence-electron chi connectivity index (χ0n) is 14.6. The van der Waals surface area contributed by atoms with E-state index < -0.39 is 10.0 Å².